The highest BCUT2D eigenvalue weighted by atomic mass is 15.3. The van der Waals surface area contributed by atoms with Gasteiger partial charge in [0.05, 0.1) is 0 Å². The lowest BCUT2D eigenvalue weighted by Crippen LogP contribution is -2.55. The molecule has 4 nitrogen and oxygen atoms in total. The van der Waals surface area contributed by atoms with Gasteiger partial charge in [0, 0.05) is 49.8 Å². The number of hydrogen-bond donors (Lipinski definition) is 0. The molecular formula is C21H44N4. The van der Waals surface area contributed by atoms with Crippen LogP contribution in [0, 0.1) is 0 Å². The van der Waals surface area contributed by atoms with Gasteiger partial charge in [-0.25, -0.2) is 0 Å². The first-order chi connectivity index (χ1) is 11.7. The van der Waals surface area contributed by atoms with Crippen LogP contribution >= 0.6 is 0 Å². The molecule has 2 fully saturated rings. The zero-order chi connectivity index (χ0) is 18.6. The molecule has 2 rings (SSSR count). The molecule has 2 aliphatic heterocycles. The zero-order valence-electron chi connectivity index (χ0n) is 18.1. The fourth-order valence-corrected chi connectivity index (χ4v) is 4.43. The Morgan fingerprint density at radius 2 is 1.44 bits per heavy atom. The number of rotatable bonds is 6. The fraction of sp³-hybridized carbons (Fsp3) is 1.00. The van der Waals surface area contributed by atoms with Crippen molar-refractivity contribution in [3.8, 4) is 0 Å². The average Bonchev–Trinajstić information content (AvgIpc) is 2.58. The number of piperazine rings is 1. The van der Waals surface area contributed by atoms with Gasteiger partial charge < -0.3 is 9.80 Å². The normalized spacial score (nSPS) is 24.4. The molecule has 0 amide bonds. The minimum Gasteiger partial charge on any atom is -0.303 e. The van der Waals surface area contributed by atoms with Crippen LogP contribution in [0.2, 0.25) is 0 Å². The third kappa shape index (κ3) is 6.20. The predicted octanol–water partition coefficient (Wildman–Crippen LogP) is 2.99. The second kappa shape index (κ2) is 9.16. The van der Waals surface area contributed by atoms with E-state index < -0.39 is 0 Å². The molecule has 0 aromatic heterocycles. The first kappa shape index (κ1) is 21.1. The van der Waals surface area contributed by atoms with Crippen LogP contribution in [0.4, 0.5) is 0 Å². The molecule has 0 spiro atoms. The number of hydrogen-bond acceptors (Lipinski definition) is 4. The Morgan fingerprint density at radius 1 is 0.880 bits per heavy atom. The highest BCUT2D eigenvalue weighted by Gasteiger charge is 2.28. The third-order valence-corrected chi connectivity index (χ3v) is 6.64. The average molecular weight is 353 g/mol. The lowest BCUT2D eigenvalue weighted by molar-refractivity contribution is 0.0393. The Balaban J connectivity index is 1.67. The molecule has 2 saturated heterocycles. The summed E-state index contributed by atoms with van der Waals surface area (Å²) >= 11 is 0. The van der Waals surface area contributed by atoms with Crippen LogP contribution in [-0.4, -0.2) is 96.1 Å². The monoisotopic (exact) mass is 352 g/mol. The largest absolute Gasteiger partial charge is 0.303 e. The first-order valence-corrected chi connectivity index (χ1v) is 10.6. The number of likely N-dealkylation sites (tertiary alicyclic amines) is 1. The van der Waals surface area contributed by atoms with Gasteiger partial charge in [0.25, 0.3) is 0 Å². The maximum Gasteiger partial charge on any atom is 0.0126 e. The van der Waals surface area contributed by atoms with Crippen molar-refractivity contribution in [3.05, 3.63) is 0 Å². The van der Waals surface area contributed by atoms with E-state index in [1.165, 1.54) is 65.1 Å². The van der Waals surface area contributed by atoms with Crippen LogP contribution in [0.5, 0.6) is 0 Å². The predicted molar refractivity (Wildman–Crippen MR) is 109 cm³/mol. The first-order valence-electron chi connectivity index (χ1n) is 10.6. The molecule has 0 aliphatic carbocycles. The van der Waals surface area contributed by atoms with Crippen molar-refractivity contribution in [2.45, 2.75) is 84.5 Å². The van der Waals surface area contributed by atoms with Crippen molar-refractivity contribution in [2.24, 2.45) is 0 Å². The summed E-state index contributed by atoms with van der Waals surface area (Å²) in [5, 5.41) is 0. The van der Waals surface area contributed by atoms with E-state index in [0.29, 0.717) is 17.6 Å². The third-order valence-electron chi connectivity index (χ3n) is 6.64. The van der Waals surface area contributed by atoms with Crippen LogP contribution in [0.25, 0.3) is 0 Å². The Morgan fingerprint density at radius 3 is 1.92 bits per heavy atom. The molecular weight excluding hydrogens is 308 g/mol. The minimum atomic E-state index is 0.320. The maximum atomic E-state index is 2.71. The molecule has 0 bridgehead atoms. The lowest BCUT2D eigenvalue weighted by atomic mass is 10.0. The molecule has 2 heterocycles. The SMILES string of the molecule is CC(C)N1CCC(N(C)CCC(C)N2CCN(C(C)(C)C)CC2)CC1. The van der Waals surface area contributed by atoms with Crippen molar-refractivity contribution in [2.75, 3.05) is 52.9 Å². The molecule has 0 aromatic rings. The van der Waals surface area contributed by atoms with Crippen molar-refractivity contribution >= 4 is 0 Å². The van der Waals surface area contributed by atoms with E-state index in [9.17, 15) is 0 Å². The summed E-state index contributed by atoms with van der Waals surface area (Å²) in [5.41, 5.74) is 0.320. The van der Waals surface area contributed by atoms with Crippen LogP contribution in [0.15, 0.2) is 0 Å². The van der Waals surface area contributed by atoms with Crippen LogP contribution < -0.4 is 0 Å². The quantitative estimate of drug-likeness (QED) is 0.728. The topological polar surface area (TPSA) is 13.0 Å². The van der Waals surface area contributed by atoms with E-state index in [4.69, 9.17) is 0 Å². The molecule has 148 valence electrons. The molecule has 4 heteroatoms. The van der Waals surface area contributed by atoms with Gasteiger partial charge in [-0.1, -0.05) is 0 Å². The van der Waals surface area contributed by atoms with Crippen LogP contribution in [0.1, 0.15) is 60.8 Å². The molecule has 0 radical (unpaired) electrons. The molecule has 0 saturated carbocycles. The highest BCUT2D eigenvalue weighted by Crippen LogP contribution is 2.20. The maximum absolute atomic E-state index is 2.71. The van der Waals surface area contributed by atoms with Gasteiger partial charge in [-0.3, -0.25) is 9.80 Å². The van der Waals surface area contributed by atoms with Gasteiger partial charge in [-0.15, -0.1) is 0 Å². The zero-order valence-corrected chi connectivity index (χ0v) is 18.1. The Bertz CT molecular complexity index is 374. The molecule has 25 heavy (non-hydrogen) atoms. The fourth-order valence-electron chi connectivity index (χ4n) is 4.43. The second-order valence-electron chi connectivity index (χ2n) is 9.67. The van der Waals surface area contributed by atoms with Gasteiger partial charge in [0.15, 0.2) is 0 Å². The number of piperidine rings is 1. The van der Waals surface area contributed by atoms with Crippen molar-refractivity contribution in [1.29, 1.82) is 0 Å². The minimum absolute atomic E-state index is 0.320. The molecule has 1 atom stereocenters. The van der Waals surface area contributed by atoms with Gasteiger partial charge in [-0.05, 0) is 87.5 Å². The Hall–Kier alpha value is -0.160. The van der Waals surface area contributed by atoms with E-state index in [-0.39, 0.29) is 0 Å². The van der Waals surface area contributed by atoms with Crippen molar-refractivity contribution in [1.82, 2.24) is 19.6 Å². The van der Waals surface area contributed by atoms with E-state index in [1.807, 2.05) is 0 Å². The molecule has 1 unspecified atom stereocenters. The van der Waals surface area contributed by atoms with Crippen LogP contribution in [-0.2, 0) is 0 Å². The van der Waals surface area contributed by atoms with E-state index in [2.05, 4.69) is 68.2 Å². The number of nitrogens with zero attached hydrogens (tertiary/aromatic N) is 4. The van der Waals surface area contributed by atoms with Crippen molar-refractivity contribution in [3.63, 3.8) is 0 Å². The Kier molecular flexibility index (Phi) is 7.75. The van der Waals surface area contributed by atoms with Gasteiger partial charge in [-0.2, -0.15) is 0 Å². The molecule has 2 aliphatic rings. The Labute approximate surface area is 157 Å². The van der Waals surface area contributed by atoms with Crippen LogP contribution in [0.3, 0.4) is 0 Å². The summed E-state index contributed by atoms with van der Waals surface area (Å²) in [4.78, 5) is 10.6. The summed E-state index contributed by atoms with van der Waals surface area (Å²) in [5.74, 6) is 0. The van der Waals surface area contributed by atoms with E-state index in [0.717, 1.165) is 6.04 Å². The molecule has 0 N–H and O–H groups in total. The van der Waals surface area contributed by atoms with Crippen molar-refractivity contribution < 1.29 is 0 Å². The summed E-state index contributed by atoms with van der Waals surface area (Å²) < 4.78 is 0. The summed E-state index contributed by atoms with van der Waals surface area (Å²) in [6.07, 6.45) is 3.98. The van der Waals surface area contributed by atoms with Gasteiger partial charge in [0.1, 0.15) is 0 Å². The second-order valence-corrected chi connectivity index (χ2v) is 9.67. The van der Waals surface area contributed by atoms with E-state index >= 15 is 0 Å². The van der Waals surface area contributed by atoms with Gasteiger partial charge >= 0.3 is 0 Å². The molecule has 0 aromatic carbocycles. The highest BCUT2D eigenvalue weighted by molar-refractivity contribution is 4.85. The summed E-state index contributed by atoms with van der Waals surface area (Å²) in [7, 11) is 2.35. The summed E-state index contributed by atoms with van der Waals surface area (Å²) in [6.45, 7) is 22.8. The van der Waals surface area contributed by atoms with E-state index in [1.54, 1.807) is 0 Å². The smallest absolute Gasteiger partial charge is 0.0126 e. The summed E-state index contributed by atoms with van der Waals surface area (Å²) in [6, 6.07) is 2.21. The standard InChI is InChI=1S/C21H44N4/c1-18(2)23-12-9-20(10-13-23)22(7)11-8-19(3)24-14-16-25(17-15-24)21(4,5)6/h18-20H,8-17H2,1-7H3. The lowest BCUT2D eigenvalue weighted by Gasteiger charge is -2.44. The van der Waals surface area contributed by atoms with Gasteiger partial charge in [0.2, 0.25) is 0 Å².